The zero-order valence-corrected chi connectivity index (χ0v) is 11.9. The van der Waals surface area contributed by atoms with Crippen LogP contribution in [0.1, 0.15) is 26.5 Å². The van der Waals surface area contributed by atoms with Crippen LogP contribution < -0.4 is 9.47 Å². The van der Waals surface area contributed by atoms with E-state index >= 15 is 0 Å². The van der Waals surface area contributed by atoms with Crippen molar-refractivity contribution < 1.29 is 29.1 Å². The SMILES string of the molecule is COc1cc(C(=O)c2[nH]nnc2C(=O)O)c([N+](=O)[O-])cc1OC. The molecule has 23 heavy (non-hydrogen) atoms. The van der Waals surface area contributed by atoms with Gasteiger partial charge < -0.3 is 14.6 Å². The lowest BCUT2D eigenvalue weighted by atomic mass is 10.0. The fourth-order valence-electron chi connectivity index (χ4n) is 1.87. The van der Waals surface area contributed by atoms with E-state index in [9.17, 15) is 19.7 Å². The molecule has 0 spiro atoms. The van der Waals surface area contributed by atoms with Gasteiger partial charge in [0.05, 0.1) is 25.2 Å². The van der Waals surface area contributed by atoms with E-state index in [0.29, 0.717) is 0 Å². The van der Waals surface area contributed by atoms with Crippen molar-refractivity contribution in [2.24, 2.45) is 0 Å². The Kier molecular flexibility index (Phi) is 4.21. The standard InChI is InChI=1S/C12H10N4O7/c1-22-7-3-5(6(16(20)21)4-8(7)23-2)11(17)9-10(12(18)19)14-15-13-9/h3-4H,1-2H3,(H,18,19)(H,13,14,15). The highest BCUT2D eigenvalue weighted by Gasteiger charge is 2.30. The Morgan fingerprint density at radius 1 is 1.26 bits per heavy atom. The number of nitro benzene ring substituents is 1. The summed E-state index contributed by atoms with van der Waals surface area (Å²) in [6, 6.07) is 2.10. The quantitative estimate of drug-likeness (QED) is 0.442. The number of nitrogens with one attached hydrogen (secondary N) is 1. The van der Waals surface area contributed by atoms with Gasteiger partial charge in [-0.3, -0.25) is 20.0 Å². The number of hydrogen-bond donors (Lipinski definition) is 2. The molecule has 2 N–H and O–H groups in total. The number of carbonyl (C=O) groups is 2. The molecule has 0 aliphatic heterocycles. The van der Waals surface area contributed by atoms with Crippen molar-refractivity contribution in [2.75, 3.05) is 14.2 Å². The van der Waals surface area contributed by atoms with Gasteiger partial charge in [0.1, 0.15) is 11.3 Å². The Hall–Kier alpha value is -3.50. The number of carbonyl (C=O) groups excluding carboxylic acids is 1. The van der Waals surface area contributed by atoms with Crippen LogP contribution >= 0.6 is 0 Å². The number of hydrogen-bond acceptors (Lipinski definition) is 8. The molecule has 1 aromatic carbocycles. The Labute approximate surface area is 128 Å². The van der Waals surface area contributed by atoms with Crippen molar-refractivity contribution in [3.63, 3.8) is 0 Å². The summed E-state index contributed by atoms with van der Waals surface area (Å²) in [6.45, 7) is 0. The summed E-state index contributed by atoms with van der Waals surface area (Å²) >= 11 is 0. The minimum atomic E-state index is -1.50. The summed E-state index contributed by atoms with van der Waals surface area (Å²) in [6.07, 6.45) is 0. The number of carboxylic acid groups (broad SMARTS) is 1. The van der Waals surface area contributed by atoms with Crippen molar-refractivity contribution in [2.45, 2.75) is 0 Å². The second-order valence-electron chi connectivity index (χ2n) is 4.15. The zero-order valence-electron chi connectivity index (χ0n) is 11.9. The first-order valence-corrected chi connectivity index (χ1v) is 6.00. The average Bonchev–Trinajstić information content (AvgIpc) is 3.02. The summed E-state index contributed by atoms with van der Waals surface area (Å²) in [4.78, 5) is 33.8. The van der Waals surface area contributed by atoms with Crippen LogP contribution in [-0.2, 0) is 0 Å². The molecule has 0 atom stereocenters. The minimum absolute atomic E-state index is 0.0527. The predicted molar refractivity (Wildman–Crippen MR) is 73.0 cm³/mol. The molecule has 0 saturated heterocycles. The highest BCUT2D eigenvalue weighted by Crippen LogP contribution is 2.35. The molecule has 120 valence electrons. The van der Waals surface area contributed by atoms with E-state index in [-0.39, 0.29) is 17.1 Å². The van der Waals surface area contributed by atoms with Crippen molar-refractivity contribution in [3.05, 3.63) is 39.2 Å². The van der Waals surface area contributed by atoms with Crippen molar-refractivity contribution in [1.29, 1.82) is 0 Å². The van der Waals surface area contributed by atoms with E-state index < -0.39 is 33.8 Å². The van der Waals surface area contributed by atoms with Gasteiger partial charge in [0.15, 0.2) is 11.5 Å². The molecular formula is C12H10N4O7. The fraction of sp³-hybridized carbons (Fsp3) is 0.167. The average molecular weight is 322 g/mol. The number of H-pyrrole nitrogens is 1. The van der Waals surface area contributed by atoms with Crippen LogP contribution in [0.15, 0.2) is 12.1 Å². The van der Waals surface area contributed by atoms with Gasteiger partial charge in [-0.25, -0.2) is 4.79 Å². The molecule has 11 nitrogen and oxygen atoms in total. The molecule has 0 bridgehead atoms. The largest absolute Gasteiger partial charge is 0.493 e. The summed E-state index contributed by atoms with van der Waals surface area (Å²) in [5, 5.41) is 28.8. The summed E-state index contributed by atoms with van der Waals surface area (Å²) in [5.41, 5.74) is -2.08. The molecule has 0 unspecified atom stereocenters. The van der Waals surface area contributed by atoms with Crippen LogP contribution in [-0.4, -0.2) is 51.4 Å². The number of ether oxygens (including phenoxy) is 2. The van der Waals surface area contributed by atoms with E-state index in [4.69, 9.17) is 14.6 Å². The van der Waals surface area contributed by atoms with Crippen LogP contribution in [0.2, 0.25) is 0 Å². The number of methoxy groups -OCH3 is 2. The third-order valence-electron chi connectivity index (χ3n) is 2.92. The van der Waals surface area contributed by atoms with Crippen LogP contribution in [0.5, 0.6) is 11.5 Å². The molecule has 1 aromatic heterocycles. The van der Waals surface area contributed by atoms with Gasteiger partial charge in [0.25, 0.3) is 5.69 Å². The highest BCUT2D eigenvalue weighted by molar-refractivity contribution is 6.14. The van der Waals surface area contributed by atoms with E-state index in [0.717, 1.165) is 12.1 Å². The molecule has 0 saturated carbocycles. The van der Waals surface area contributed by atoms with Gasteiger partial charge in [-0.15, -0.1) is 5.10 Å². The molecular weight excluding hydrogens is 312 g/mol. The molecule has 0 radical (unpaired) electrons. The first kappa shape index (κ1) is 15.9. The Balaban J connectivity index is 2.65. The lowest BCUT2D eigenvalue weighted by molar-refractivity contribution is -0.385. The lowest BCUT2D eigenvalue weighted by Gasteiger charge is -2.09. The van der Waals surface area contributed by atoms with Gasteiger partial charge in [0.2, 0.25) is 11.5 Å². The summed E-state index contributed by atoms with van der Waals surface area (Å²) < 4.78 is 9.95. The highest BCUT2D eigenvalue weighted by atomic mass is 16.6. The number of rotatable bonds is 6. The van der Waals surface area contributed by atoms with Crippen LogP contribution in [0, 0.1) is 10.1 Å². The first-order valence-electron chi connectivity index (χ1n) is 6.00. The number of aromatic carboxylic acids is 1. The third-order valence-corrected chi connectivity index (χ3v) is 2.92. The van der Waals surface area contributed by atoms with Crippen LogP contribution in [0.25, 0.3) is 0 Å². The molecule has 0 fully saturated rings. The van der Waals surface area contributed by atoms with Gasteiger partial charge in [0, 0.05) is 6.07 Å². The molecule has 1 heterocycles. The zero-order chi connectivity index (χ0) is 17.1. The molecule has 0 amide bonds. The van der Waals surface area contributed by atoms with Crippen LogP contribution in [0.3, 0.4) is 0 Å². The second-order valence-corrected chi connectivity index (χ2v) is 4.15. The minimum Gasteiger partial charge on any atom is -0.493 e. The van der Waals surface area contributed by atoms with Crippen molar-refractivity contribution >= 4 is 17.4 Å². The van der Waals surface area contributed by atoms with Gasteiger partial charge in [-0.05, 0) is 0 Å². The number of carboxylic acids is 1. The molecule has 0 aliphatic carbocycles. The van der Waals surface area contributed by atoms with Gasteiger partial charge >= 0.3 is 5.97 Å². The first-order chi connectivity index (χ1) is 10.9. The number of aromatic nitrogens is 3. The molecule has 0 aliphatic rings. The normalized spacial score (nSPS) is 10.2. The number of nitrogens with zero attached hydrogens (tertiary/aromatic N) is 3. The number of ketones is 1. The Bertz CT molecular complexity index is 799. The van der Waals surface area contributed by atoms with Gasteiger partial charge in [-0.2, -0.15) is 0 Å². The van der Waals surface area contributed by atoms with Crippen LogP contribution in [0.4, 0.5) is 5.69 Å². The Morgan fingerprint density at radius 3 is 2.39 bits per heavy atom. The number of aromatic amines is 1. The monoisotopic (exact) mass is 322 g/mol. The van der Waals surface area contributed by atoms with E-state index in [1.165, 1.54) is 14.2 Å². The fourth-order valence-corrected chi connectivity index (χ4v) is 1.87. The van der Waals surface area contributed by atoms with E-state index in [1.807, 2.05) is 0 Å². The Morgan fingerprint density at radius 2 is 1.87 bits per heavy atom. The van der Waals surface area contributed by atoms with Crippen molar-refractivity contribution in [1.82, 2.24) is 15.4 Å². The molecule has 2 rings (SSSR count). The lowest BCUT2D eigenvalue weighted by Crippen LogP contribution is -2.12. The summed E-state index contributed by atoms with van der Waals surface area (Å²) in [5.74, 6) is -2.33. The third kappa shape index (κ3) is 2.79. The summed E-state index contributed by atoms with van der Waals surface area (Å²) in [7, 11) is 2.57. The maximum absolute atomic E-state index is 12.5. The molecule has 11 heteroatoms. The number of nitro groups is 1. The smallest absolute Gasteiger partial charge is 0.358 e. The second kappa shape index (κ2) is 6.09. The maximum atomic E-state index is 12.5. The predicted octanol–water partition coefficient (Wildman–Crippen LogP) is 0.659. The van der Waals surface area contributed by atoms with Crippen molar-refractivity contribution in [3.8, 4) is 11.5 Å². The van der Waals surface area contributed by atoms with Gasteiger partial charge in [-0.1, -0.05) is 5.21 Å². The molecule has 2 aromatic rings. The van der Waals surface area contributed by atoms with E-state index in [1.54, 1.807) is 0 Å². The number of benzene rings is 1. The topological polar surface area (TPSA) is 158 Å². The maximum Gasteiger partial charge on any atom is 0.358 e. The van der Waals surface area contributed by atoms with E-state index in [2.05, 4.69) is 15.4 Å².